The van der Waals surface area contributed by atoms with Crippen molar-refractivity contribution < 1.29 is 9.53 Å². The van der Waals surface area contributed by atoms with Gasteiger partial charge in [0.05, 0.1) is 18.1 Å². The van der Waals surface area contributed by atoms with E-state index in [9.17, 15) is 4.79 Å². The van der Waals surface area contributed by atoms with Gasteiger partial charge in [0, 0.05) is 37.9 Å². The summed E-state index contributed by atoms with van der Waals surface area (Å²) >= 11 is 0. The standard InChI is InChI=1S/C16H26N4O2/c1-11(2)15-9-20(6-3-7-22-15)16(21)19-12-4-5-13-14(8-12)18-10-17-13/h10-12,15H,3-9H2,1-2H3,(H,17,18)(H,19,21). The van der Waals surface area contributed by atoms with Crippen molar-refractivity contribution in [1.29, 1.82) is 0 Å². The highest BCUT2D eigenvalue weighted by molar-refractivity contribution is 5.74. The predicted octanol–water partition coefficient (Wildman–Crippen LogP) is 1.72. The number of rotatable bonds is 2. The molecule has 0 bridgehead atoms. The third kappa shape index (κ3) is 3.43. The van der Waals surface area contributed by atoms with Gasteiger partial charge in [-0.3, -0.25) is 0 Å². The summed E-state index contributed by atoms with van der Waals surface area (Å²) in [5.41, 5.74) is 2.31. The maximum Gasteiger partial charge on any atom is 0.317 e. The van der Waals surface area contributed by atoms with Gasteiger partial charge >= 0.3 is 6.03 Å². The molecule has 22 heavy (non-hydrogen) atoms. The Balaban J connectivity index is 1.57. The third-order valence-electron chi connectivity index (χ3n) is 4.65. The molecule has 2 amide bonds. The Morgan fingerprint density at radius 3 is 3.23 bits per heavy atom. The molecule has 1 fully saturated rings. The summed E-state index contributed by atoms with van der Waals surface area (Å²) in [7, 11) is 0. The van der Waals surface area contributed by atoms with Crippen molar-refractivity contribution in [2.45, 2.75) is 51.7 Å². The van der Waals surface area contributed by atoms with Crippen LogP contribution >= 0.6 is 0 Å². The molecule has 1 aliphatic carbocycles. The summed E-state index contributed by atoms with van der Waals surface area (Å²) in [4.78, 5) is 22.0. The molecule has 2 heterocycles. The molecule has 2 unspecified atom stereocenters. The van der Waals surface area contributed by atoms with Crippen LogP contribution in [0, 0.1) is 5.92 Å². The minimum atomic E-state index is 0.0455. The molecule has 1 saturated heterocycles. The zero-order chi connectivity index (χ0) is 15.5. The van der Waals surface area contributed by atoms with Crippen LogP contribution in [0.5, 0.6) is 0 Å². The number of H-pyrrole nitrogens is 1. The van der Waals surface area contributed by atoms with Crippen molar-refractivity contribution in [3.8, 4) is 0 Å². The van der Waals surface area contributed by atoms with Crippen molar-refractivity contribution in [2.75, 3.05) is 19.7 Å². The lowest BCUT2D eigenvalue weighted by Gasteiger charge is -2.29. The number of aryl methyl sites for hydroxylation is 1. The second-order valence-electron chi connectivity index (χ2n) is 6.67. The summed E-state index contributed by atoms with van der Waals surface area (Å²) in [5, 5.41) is 3.19. The number of hydrogen-bond acceptors (Lipinski definition) is 3. The van der Waals surface area contributed by atoms with E-state index in [-0.39, 0.29) is 18.2 Å². The highest BCUT2D eigenvalue weighted by atomic mass is 16.5. The fourth-order valence-corrected chi connectivity index (χ4v) is 3.23. The van der Waals surface area contributed by atoms with Gasteiger partial charge in [0.25, 0.3) is 0 Å². The van der Waals surface area contributed by atoms with Crippen LogP contribution in [-0.4, -0.2) is 52.7 Å². The lowest BCUT2D eigenvalue weighted by Crippen LogP contribution is -2.49. The predicted molar refractivity (Wildman–Crippen MR) is 83.7 cm³/mol. The zero-order valence-corrected chi connectivity index (χ0v) is 13.5. The summed E-state index contributed by atoms with van der Waals surface area (Å²) in [6.07, 6.45) is 5.53. The fraction of sp³-hybridized carbons (Fsp3) is 0.750. The molecule has 0 radical (unpaired) electrons. The number of carbonyl (C=O) groups is 1. The number of aromatic amines is 1. The molecular formula is C16H26N4O2. The van der Waals surface area contributed by atoms with E-state index < -0.39 is 0 Å². The highest BCUT2D eigenvalue weighted by Gasteiger charge is 2.27. The second-order valence-corrected chi connectivity index (χ2v) is 6.67. The Hall–Kier alpha value is -1.56. The molecular weight excluding hydrogens is 280 g/mol. The number of hydrogen-bond donors (Lipinski definition) is 2. The third-order valence-corrected chi connectivity index (χ3v) is 4.65. The Kier molecular flexibility index (Phi) is 4.66. The summed E-state index contributed by atoms with van der Waals surface area (Å²) in [6.45, 7) is 6.50. The van der Waals surface area contributed by atoms with Crippen molar-refractivity contribution in [3.63, 3.8) is 0 Å². The Morgan fingerprint density at radius 1 is 1.55 bits per heavy atom. The molecule has 6 heteroatoms. The molecule has 3 rings (SSSR count). The van der Waals surface area contributed by atoms with Crippen LogP contribution in [0.4, 0.5) is 4.79 Å². The van der Waals surface area contributed by atoms with Gasteiger partial charge in [-0.2, -0.15) is 0 Å². The summed E-state index contributed by atoms with van der Waals surface area (Å²) < 4.78 is 5.84. The van der Waals surface area contributed by atoms with Crippen molar-refractivity contribution in [3.05, 3.63) is 17.7 Å². The number of urea groups is 1. The first-order chi connectivity index (χ1) is 10.6. The molecule has 2 aliphatic rings. The van der Waals surface area contributed by atoms with Gasteiger partial charge in [0.1, 0.15) is 0 Å². The molecule has 0 spiro atoms. The van der Waals surface area contributed by atoms with Crippen molar-refractivity contribution in [1.82, 2.24) is 20.2 Å². The van der Waals surface area contributed by atoms with Crippen molar-refractivity contribution in [2.24, 2.45) is 5.92 Å². The van der Waals surface area contributed by atoms with Gasteiger partial charge in [-0.15, -0.1) is 0 Å². The Morgan fingerprint density at radius 2 is 2.41 bits per heavy atom. The number of ether oxygens (including phenoxy) is 1. The van der Waals surface area contributed by atoms with Crippen LogP contribution in [0.2, 0.25) is 0 Å². The molecule has 6 nitrogen and oxygen atoms in total. The molecule has 0 saturated carbocycles. The van der Waals surface area contributed by atoms with E-state index >= 15 is 0 Å². The van der Waals surface area contributed by atoms with Crippen LogP contribution < -0.4 is 5.32 Å². The van der Waals surface area contributed by atoms with Gasteiger partial charge in [-0.1, -0.05) is 13.8 Å². The van der Waals surface area contributed by atoms with E-state index in [1.807, 2.05) is 4.90 Å². The van der Waals surface area contributed by atoms with Gasteiger partial charge in [-0.05, 0) is 25.2 Å². The number of nitrogens with one attached hydrogen (secondary N) is 2. The maximum atomic E-state index is 12.6. The molecule has 1 aromatic heterocycles. The molecule has 0 aromatic carbocycles. The van der Waals surface area contributed by atoms with Crippen LogP contribution in [0.3, 0.4) is 0 Å². The topological polar surface area (TPSA) is 70.2 Å². The van der Waals surface area contributed by atoms with Gasteiger partial charge < -0.3 is 19.9 Å². The number of imidazole rings is 1. The summed E-state index contributed by atoms with van der Waals surface area (Å²) in [6, 6.07) is 0.242. The number of aromatic nitrogens is 2. The van der Waals surface area contributed by atoms with Crippen LogP contribution in [0.1, 0.15) is 38.1 Å². The van der Waals surface area contributed by atoms with E-state index in [2.05, 4.69) is 29.1 Å². The molecule has 122 valence electrons. The smallest absolute Gasteiger partial charge is 0.317 e. The average Bonchev–Trinajstić information content (AvgIpc) is 2.80. The van der Waals surface area contributed by atoms with E-state index in [0.29, 0.717) is 12.5 Å². The molecule has 1 aliphatic heterocycles. The van der Waals surface area contributed by atoms with E-state index in [4.69, 9.17) is 4.74 Å². The van der Waals surface area contributed by atoms with E-state index in [0.717, 1.165) is 50.2 Å². The SMILES string of the molecule is CC(C)C1CN(C(=O)NC2CCc3nc[nH]c3C2)CCCO1. The van der Waals surface area contributed by atoms with Crippen LogP contribution in [0.15, 0.2) is 6.33 Å². The van der Waals surface area contributed by atoms with Gasteiger partial charge in [0.2, 0.25) is 0 Å². The quantitative estimate of drug-likeness (QED) is 0.874. The van der Waals surface area contributed by atoms with Gasteiger partial charge in [0.15, 0.2) is 0 Å². The van der Waals surface area contributed by atoms with E-state index in [1.54, 1.807) is 6.33 Å². The molecule has 2 atom stereocenters. The maximum absolute atomic E-state index is 12.6. The molecule has 2 N–H and O–H groups in total. The highest BCUT2D eigenvalue weighted by Crippen LogP contribution is 2.19. The number of fused-ring (bicyclic) bond motifs is 1. The first-order valence-corrected chi connectivity index (χ1v) is 8.31. The van der Waals surface area contributed by atoms with E-state index in [1.165, 1.54) is 0 Å². The lowest BCUT2D eigenvalue weighted by molar-refractivity contribution is 0.0266. The fourth-order valence-electron chi connectivity index (χ4n) is 3.23. The number of amides is 2. The van der Waals surface area contributed by atoms with Crippen molar-refractivity contribution >= 4 is 6.03 Å². The van der Waals surface area contributed by atoms with Crippen LogP contribution in [0.25, 0.3) is 0 Å². The first-order valence-electron chi connectivity index (χ1n) is 8.31. The Labute approximate surface area is 131 Å². The first kappa shape index (κ1) is 15.3. The number of carbonyl (C=O) groups excluding carboxylic acids is 1. The second kappa shape index (κ2) is 6.69. The minimum absolute atomic E-state index is 0.0455. The monoisotopic (exact) mass is 306 g/mol. The average molecular weight is 306 g/mol. The normalized spacial score (nSPS) is 25.7. The zero-order valence-electron chi connectivity index (χ0n) is 13.5. The van der Waals surface area contributed by atoms with Crippen LogP contribution in [-0.2, 0) is 17.6 Å². The molecule has 1 aromatic rings. The lowest BCUT2D eigenvalue weighted by atomic mass is 9.96. The minimum Gasteiger partial charge on any atom is -0.376 e. The van der Waals surface area contributed by atoms with Gasteiger partial charge in [-0.25, -0.2) is 9.78 Å². The number of nitrogens with zero attached hydrogens (tertiary/aromatic N) is 2. The Bertz CT molecular complexity index is 514. The summed E-state index contributed by atoms with van der Waals surface area (Å²) in [5.74, 6) is 0.427. The largest absolute Gasteiger partial charge is 0.376 e.